The average Bonchev–Trinajstić information content (AvgIpc) is 3.12. The molecule has 2 heterocycles. The van der Waals surface area contributed by atoms with Crippen molar-refractivity contribution in [3.05, 3.63) is 23.5 Å². The minimum Gasteiger partial charge on any atom is -0.506 e. The van der Waals surface area contributed by atoms with E-state index in [-0.39, 0.29) is 30.0 Å². The fourth-order valence-corrected chi connectivity index (χ4v) is 4.32. The Hall–Kier alpha value is -2.36. The summed E-state index contributed by atoms with van der Waals surface area (Å²) in [6, 6.07) is 2.68. The molecule has 2 N–H and O–H groups in total. The van der Waals surface area contributed by atoms with E-state index in [9.17, 15) is 23.3 Å². The molecule has 2 saturated heterocycles. The maximum atomic E-state index is 14.6. The monoisotopic (exact) mass is 413 g/mol. The van der Waals surface area contributed by atoms with Crippen molar-refractivity contribution in [2.75, 3.05) is 23.9 Å². The number of phenolic OH excluding ortho intramolecular Hbond substituents is 1. The van der Waals surface area contributed by atoms with Gasteiger partial charge in [0.25, 0.3) is 5.91 Å². The summed E-state index contributed by atoms with van der Waals surface area (Å²) in [6.07, 6.45) is 0.857. The van der Waals surface area contributed by atoms with Crippen molar-refractivity contribution >= 4 is 28.9 Å². The molecule has 2 unspecified atom stereocenters. The van der Waals surface area contributed by atoms with Crippen LogP contribution in [0.2, 0.25) is 0 Å². The van der Waals surface area contributed by atoms with Gasteiger partial charge in [-0.1, -0.05) is 0 Å². The lowest BCUT2D eigenvalue weighted by atomic mass is 9.98. The maximum absolute atomic E-state index is 14.6. The van der Waals surface area contributed by atoms with Gasteiger partial charge in [-0.15, -0.1) is 0 Å². The normalized spacial score (nSPS) is 22.5. The molecule has 0 bridgehead atoms. The Labute approximate surface area is 165 Å². The SMILES string of the molecule is CC(C)(C)OC(=O)N1CCC(Cc2cc(O)c(N3CC(=O)NS3=O)c(F)c2)C1. The molecule has 28 heavy (non-hydrogen) atoms. The van der Waals surface area contributed by atoms with Crippen LogP contribution in [0.4, 0.5) is 14.9 Å². The van der Waals surface area contributed by atoms with Crippen molar-refractivity contribution in [1.29, 1.82) is 0 Å². The van der Waals surface area contributed by atoms with Gasteiger partial charge in [0.15, 0.2) is 5.82 Å². The third-order valence-corrected chi connectivity index (χ3v) is 5.62. The van der Waals surface area contributed by atoms with Crippen LogP contribution >= 0.6 is 0 Å². The van der Waals surface area contributed by atoms with Gasteiger partial charge >= 0.3 is 6.09 Å². The highest BCUT2D eigenvalue weighted by atomic mass is 32.2. The van der Waals surface area contributed by atoms with Crippen molar-refractivity contribution in [2.24, 2.45) is 5.92 Å². The number of nitrogens with one attached hydrogen (secondary N) is 1. The molecule has 0 spiro atoms. The van der Waals surface area contributed by atoms with Gasteiger partial charge in [0.05, 0.1) is 0 Å². The zero-order valence-corrected chi connectivity index (χ0v) is 16.8. The number of likely N-dealkylation sites (tertiary alicyclic amines) is 1. The van der Waals surface area contributed by atoms with Crippen LogP contribution in [-0.4, -0.2) is 51.5 Å². The molecule has 154 valence electrons. The number of benzene rings is 1. The minimum absolute atomic E-state index is 0.112. The summed E-state index contributed by atoms with van der Waals surface area (Å²) in [7, 11) is 0. The van der Waals surface area contributed by atoms with Crippen LogP contribution in [0.5, 0.6) is 5.75 Å². The molecule has 2 atom stereocenters. The summed E-state index contributed by atoms with van der Waals surface area (Å²) in [6.45, 7) is 6.19. The minimum atomic E-state index is -1.92. The summed E-state index contributed by atoms with van der Waals surface area (Å²) in [5.74, 6) is -1.51. The fraction of sp³-hybridized carbons (Fsp3) is 0.556. The number of aromatic hydroxyl groups is 1. The number of rotatable bonds is 3. The number of anilines is 1. The number of amides is 2. The maximum Gasteiger partial charge on any atom is 0.410 e. The van der Waals surface area contributed by atoms with E-state index in [1.807, 2.05) is 20.8 Å². The number of hydrogen-bond acceptors (Lipinski definition) is 5. The Morgan fingerprint density at radius 3 is 2.71 bits per heavy atom. The molecule has 0 radical (unpaired) electrons. The summed E-state index contributed by atoms with van der Waals surface area (Å²) >= 11 is -1.92. The van der Waals surface area contributed by atoms with E-state index < -0.39 is 28.5 Å². The van der Waals surface area contributed by atoms with Crippen LogP contribution in [0.25, 0.3) is 0 Å². The molecule has 8 nitrogen and oxygen atoms in total. The van der Waals surface area contributed by atoms with Gasteiger partial charge in [0.1, 0.15) is 23.6 Å². The van der Waals surface area contributed by atoms with Gasteiger partial charge in [0.2, 0.25) is 11.2 Å². The zero-order chi connectivity index (χ0) is 20.6. The van der Waals surface area contributed by atoms with Crippen LogP contribution in [0, 0.1) is 11.7 Å². The highest BCUT2D eigenvalue weighted by molar-refractivity contribution is 7.85. The summed E-state index contributed by atoms with van der Waals surface area (Å²) in [5.41, 5.74) is -0.257. The molecule has 2 amide bonds. The zero-order valence-electron chi connectivity index (χ0n) is 16.0. The molecule has 3 rings (SSSR count). The van der Waals surface area contributed by atoms with E-state index in [0.717, 1.165) is 10.7 Å². The topological polar surface area (TPSA) is 99.2 Å². The second-order valence-corrected chi connectivity index (χ2v) is 9.18. The van der Waals surface area contributed by atoms with Crippen LogP contribution in [0.15, 0.2) is 12.1 Å². The average molecular weight is 413 g/mol. The molecule has 1 aromatic rings. The van der Waals surface area contributed by atoms with E-state index in [1.54, 1.807) is 4.90 Å². The predicted molar refractivity (Wildman–Crippen MR) is 101 cm³/mol. The predicted octanol–water partition coefficient (Wildman–Crippen LogP) is 1.85. The Bertz CT molecular complexity index is 803. The lowest BCUT2D eigenvalue weighted by Gasteiger charge is -2.24. The van der Waals surface area contributed by atoms with Crippen LogP contribution in [0.3, 0.4) is 0 Å². The first kappa shape index (κ1) is 20.4. The highest BCUT2D eigenvalue weighted by Gasteiger charge is 2.33. The Kier molecular flexibility index (Phi) is 5.51. The van der Waals surface area contributed by atoms with Crippen molar-refractivity contribution in [1.82, 2.24) is 9.62 Å². The highest BCUT2D eigenvalue weighted by Crippen LogP contribution is 2.35. The van der Waals surface area contributed by atoms with Gasteiger partial charge in [-0.05, 0) is 57.2 Å². The number of nitrogens with zero attached hydrogens (tertiary/aromatic N) is 2. The van der Waals surface area contributed by atoms with Crippen LogP contribution in [0.1, 0.15) is 32.8 Å². The first-order valence-corrected chi connectivity index (χ1v) is 10.1. The van der Waals surface area contributed by atoms with E-state index in [2.05, 4.69) is 4.72 Å². The van der Waals surface area contributed by atoms with Gasteiger partial charge < -0.3 is 14.7 Å². The molecule has 2 aliphatic heterocycles. The third kappa shape index (κ3) is 4.54. The van der Waals surface area contributed by atoms with Crippen LogP contribution < -0.4 is 9.03 Å². The Balaban J connectivity index is 1.67. The van der Waals surface area contributed by atoms with Crippen molar-refractivity contribution < 1.29 is 28.0 Å². The van der Waals surface area contributed by atoms with Gasteiger partial charge in [0, 0.05) is 13.1 Å². The smallest absolute Gasteiger partial charge is 0.410 e. The number of ether oxygens (including phenoxy) is 1. The van der Waals surface area contributed by atoms with Gasteiger partial charge in [-0.3, -0.25) is 13.8 Å². The quantitative estimate of drug-likeness (QED) is 0.788. The Morgan fingerprint density at radius 2 is 2.14 bits per heavy atom. The molecule has 0 aromatic heterocycles. The van der Waals surface area contributed by atoms with E-state index in [4.69, 9.17) is 4.74 Å². The van der Waals surface area contributed by atoms with E-state index >= 15 is 0 Å². The number of carbonyl (C=O) groups excluding carboxylic acids is 2. The lowest BCUT2D eigenvalue weighted by molar-refractivity contribution is -0.117. The largest absolute Gasteiger partial charge is 0.506 e. The Morgan fingerprint density at radius 1 is 1.43 bits per heavy atom. The van der Waals surface area contributed by atoms with Crippen LogP contribution in [-0.2, 0) is 27.1 Å². The number of phenols is 1. The molecule has 2 aliphatic rings. The molecule has 0 aliphatic carbocycles. The van der Waals surface area contributed by atoms with E-state index in [0.29, 0.717) is 25.1 Å². The molecule has 2 fully saturated rings. The first-order valence-electron chi connectivity index (χ1n) is 9.01. The molecule has 0 saturated carbocycles. The second-order valence-electron chi connectivity index (χ2n) is 8.04. The van der Waals surface area contributed by atoms with E-state index in [1.165, 1.54) is 12.1 Å². The molecule has 10 heteroatoms. The van der Waals surface area contributed by atoms with Crippen molar-refractivity contribution in [3.63, 3.8) is 0 Å². The fourth-order valence-electron chi connectivity index (χ4n) is 3.36. The van der Waals surface area contributed by atoms with Gasteiger partial charge in [-0.2, -0.15) is 0 Å². The summed E-state index contributed by atoms with van der Waals surface area (Å²) < 4.78 is 34.9. The lowest BCUT2D eigenvalue weighted by Crippen LogP contribution is -2.35. The van der Waals surface area contributed by atoms with Gasteiger partial charge in [-0.25, -0.2) is 13.4 Å². The molecular formula is C18H24FN3O5S. The first-order chi connectivity index (χ1) is 13.0. The summed E-state index contributed by atoms with van der Waals surface area (Å²) in [5, 5.41) is 10.2. The third-order valence-electron chi connectivity index (χ3n) is 4.50. The standard InChI is InChI=1S/C18H24FN3O5S/c1-18(2,3)27-17(25)21-5-4-11(9-21)6-12-7-13(19)16(14(23)8-12)22-10-15(24)20-28(22)26/h7-8,11,23H,4-6,9-10H2,1-3H3,(H,20,24). The second kappa shape index (κ2) is 7.57. The summed E-state index contributed by atoms with van der Waals surface area (Å²) in [4.78, 5) is 25.1. The molecular weight excluding hydrogens is 389 g/mol. The molecule has 1 aromatic carbocycles. The number of hydrogen-bond donors (Lipinski definition) is 2. The van der Waals surface area contributed by atoms with Crippen molar-refractivity contribution in [3.8, 4) is 5.75 Å². The number of carbonyl (C=O) groups is 2. The van der Waals surface area contributed by atoms with Crippen molar-refractivity contribution in [2.45, 2.75) is 39.2 Å². The number of halogens is 1.